The number of rotatable bonds is 4. The fourth-order valence-corrected chi connectivity index (χ4v) is 2.12. The summed E-state index contributed by atoms with van der Waals surface area (Å²) in [5.74, 6) is -2.39. The lowest BCUT2D eigenvalue weighted by Crippen LogP contribution is -2.20. The Kier molecular flexibility index (Phi) is 5.48. The molecule has 0 aliphatic carbocycles. The molecule has 2 nitrogen and oxygen atoms in total. The second-order valence-corrected chi connectivity index (χ2v) is 4.66. The molecular formula is C14H14F6O2. The second-order valence-electron chi connectivity index (χ2n) is 4.66. The zero-order valence-corrected chi connectivity index (χ0v) is 11.8. The number of hydrogen-bond donors (Lipinski definition) is 0. The predicted octanol–water partition coefficient (Wildman–Crippen LogP) is 4.78. The molecule has 124 valence electrons. The summed E-state index contributed by atoms with van der Waals surface area (Å²) >= 11 is 0. The molecule has 0 N–H and O–H groups in total. The Bertz CT molecular complexity index is 533. The number of esters is 1. The van der Waals surface area contributed by atoms with Crippen LogP contribution in [0.1, 0.15) is 42.4 Å². The first kappa shape index (κ1) is 18.3. The van der Waals surface area contributed by atoms with Crippen molar-refractivity contribution >= 4 is 5.97 Å². The van der Waals surface area contributed by atoms with Crippen molar-refractivity contribution in [2.45, 2.75) is 38.0 Å². The molecule has 22 heavy (non-hydrogen) atoms. The van der Waals surface area contributed by atoms with E-state index in [-0.39, 0.29) is 6.42 Å². The molecule has 0 aliphatic heterocycles. The molecule has 1 rings (SSSR count). The molecule has 8 heteroatoms. The van der Waals surface area contributed by atoms with Gasteiger partial charge in [-0.2, -0.15) is 26.3 Å². The Morgan fingerprint density at radius 3 is 2.14 bits per heavy atom. The molecule has 1 aromatic carbocycles. The summed E-state index contributed by atoms with van der Waals surface area (Å²) in [5.41, 5.74) is -3.21. The summed E-state index contributed by atoms with van der Waals surface area (Å²) in [7, 11) is 0.978. The van der Waals surface area contributed by atoms with Crippen LogP contribution in [0.15, 0.2) is 18.2 Å². The van der Waals surface area contributed by atoms with E-state index in [0.717, 1.165) is 7.11 Å². The SMILES string of the molecule is CCCC(C(=O)OC)c1cc(C(F)(F)F)ccc1C(F)(F)F. The van der Waals surface area contributed by atoms with E-state index in [0.29, 0.717) is 24.6 Å². The zero-order valence-electron chi connectivity index (χ0n) is 11.8. The van der Waals surface area contributed by atoms with E-state index in [1.54, 1.807) is 6.92 Å². The monoisotopic (exact) mass is 328 g/mol. The molecule has 0 heterocycles. The van der Waals surface area contributed by atoms with Gasteiger partial charge in [-0.3, -0.25) is 4.79 Å². The first-order chi connectivity index (χ1) is 10.0. The van der Waals surface area contributed by atoms with Gasteiger partial charge in [0.05, 0.1) is 24.2 Å². The third-order valence-electron chi connectivity index (χ3n) is 3.12. The minimum Gasteiger partial charge on any atom is -0.469 e. The van der Waals surface area contributed by atoms with Gasteiger partial charge in [-0.25, -0.2) is 0 Å². The standard InChI is InChI=1S/C14H14F6O2/c1-3-4-9(12(21)22-2)10-7-8(13(15,16)17)5-6-11(10)14(18,19)20/h5-7,9H,3-4H2,1-2H3. The first-order valence-electron chi connectivity index (χ1n) is 6.38. The van der Waals surface area contributed by atoms with Crippen molar-refractivity contribution < 1.29 is 35.9 Å². The van der Waals surface area contributed by atoms with E-state index >= 15 is 0 Å². The molecule has 0 radical (unpaired) electrons. The topological polar surface area (TPSA) is 26.3 Å². The molecule has 0 fully saturated rings. The third kappa shape index (κ3) is 4.14. The van der Waals surface area contributed by atoms with Crippen LogP contribution in [0.2, 0.25) is 0 Å². The first-order valence-corrected chi connectivity index (χ1v) is 6.38. The number of hydrogen-bond acceptors (Lipinski definition) is 2. The molecule has 1 atom stereocenters. The fourth-order valence-electron chi connectivity index (χ4n) is 2.12. The number of carbonyl (C=O) groups excluding carboxylic acids is 1. The van der Waals surface area contributed by atoms with E-state index in [1.165, 1.54) is 0 Å². The maximum Gasteiger partial charge on any atom is 0.416 e. The molecule has 1 unspecified atom stereocenters. The van der Waals surface area contributed by atoms with Gasteiger partial charge < -0.3 is 4.74 Å². The molecule has 0 saturated heterocycles. The Morgan fingerprint density at radius 1 is 1.14 bits per heavy atom. The highest BCUT2D eigenvalue weighted by Gasteiger charge is 2.40. The van der Waals surface area contributed by atoms with E-state index < -0.39 is 40.9 Å². The summed E-state index contributed by atoms with van der Waals surface area (Å²) in [6.45, 7) is 1.61. The highest BCUT2D eigenvalue weighted by molar-refractivity contribution is 5.78. The van der Waals surface area contributed by atoms with Crippen molar-refractivity contribution in [1.29, 1.82) is 0 Å². The highest BCUT2D eigenvalue weighted by atomic mass is 19.4. The lowest BCUT2D eigenvalue weighted by atomic mass is 9.89. The summed E-state index contributed by atoms with van der Waals surface area (Å²) in [5, 5.41) is 0. The molecule has 0 aromatic heterocycles. The average Bonchev–Trinajstić information content (AvgIpc) is 2.41. The Morgan fingerprint density at radius 2 is 1.73 bits per heavy atom. The van der Waals surface area contributed by atoms with Crippen LogP contribution in [-0.2, 0) is 21.9 Å². The van der Waals surface area contributed by atoms with Crippen molar-refractivity contribution in [2.24, 2.45) is 0 Å². The van der Waals surface area contributed by atoms with E-state index in [2.05, 4.69) is 4.74 Å². The van der Waals surface area contributed by atoms with Gasteiger partial charge in [-0.1, -0.05) is 13.3 Å². The van der Waals surface area contributed by atoms with Crippen molar-refractivity contribution in [2.75, 3.05) is 7.11 Å². The van der Waals surface area contributed by atoms with Crippen LogP contribution in [0.25, 0.3) is 0 Å². The number of methoxy groups -OCH3 is 1. The smallest absolute Gasteiger partial charge is 0.416 e. The molecule has 0 amide bonds. The van der Waals surface area contributed by atoms with Crippen LogP contribution in [0.4, 0.5) is 26.3 Å². The van der Waals surface area contributed by atoms with Gasteiger partial charge in [-0.05, 0) is 30.2 Å². The molecule has 0 aliphatic rings. The third-order valence-corrected chi connectivity index (χ3v) is 3.12. The van der Waals surface area contributed by atoms with Crippen LogP contribution in [0.5, 0.6) is 0 Å². The highest BCUT2D eigenvalue weighted by Crippen LogP contribution is 2.40. The van der Waals surface area contributed by atoms with Gasteiger partial charge >= 0.3 is 18.3 Å². The van der Waals surface area contributed by atoms with Crippen LogP contribution in [0, 0.1) is 0 Å². The largest absolute Gasteiger partial charge is 0.469 e. The van der Waals surface area contributed by atoms with Crippen molar-refractivity contribution in [3.63, 3.8) is 0 Å². The maximum absolute atomic E-state index is 13.0. The van der Waals surface area contributed by atoms with Crippen molar-refractivity contribution in [1.82, 2.24) is 0 Å². The average molecular weight is 328 g/mol. The predicted molar refractivity (Wildman–Crippen MR) is 66.1 cm³/mol. The van der Waals surface area contributed by atoms with Crippen molar-refractivity contribution in [3.8, 4) is 0 Å². The molecule has 0 saturated carbocycles. The van der Waals surface area contributed by atoms with Gasteiger partial charge in [0.2, 0.25) is 0 Å². The van der Waals surface area contributed by atoms with Crippen LogP contribution >= 0.6 is 0 Å². The van der Waals surface area contributed by atoms with Crippen LogP contribution in [0.3, 0.4) is 0 Å². The lowest BCUT2D eigenvalue weighted by molar-refractivity contribution is -0.145. The quantitative estimate of drug-likeness (QED) is 0.587. The van der Waals surface area contributed by atoms with Gasteiger partial charge in [0.15, 0.2) is 0 Å². The summed E-state index contributed by atoms with van der Waals surface area (Å²) < 4.78 is 81.7. The lowest BCUT2D eigenvalue weighted by Gasteiger charge is -2.21. The van der Waals surface area contributed by atoms with Gasteiger partial charge in [-0.15, -0.1) is 0 Å². The van der Waals surface area contributed by atoms with Crippen molar-refractivity contribution in [3.05, 3.63) is 34.9 Å². The van der Waals surface area contributed by atoms with Gasteiger partial charge in [0, 0.05) is 0 Å². The van der Waals surface area contributed by atoms with E-state index in [4.69, 9.17) is 0 Å². The zero-order chi connectivity index (χ0) is 17.1. The minimum absolute atomic E-state index is 0.0446. The second kappa shape index (κ2) is 6.58. The van der Waals surface area contributed by atoms with Crippen LogP contribution < -0.4 is 0 Å². The minimum atomic E-state index is -4.86. The Labute approximate surface area is 123 Å². The number of ether oxygens (including phenoxy) is 1. The molecule has 0 bridgehead atoms. The van der Waals surface area contributed by atoms with Gasteiger partial charge in [0.1, 0.15) is 0 Å². The Balaban J connectivity index is 3.53. The molecule has 1 aromatic rings. The summed E-state index contributed by atoms with van der Waals surface area (Å²) in [6, 6.07) is 1.08. The number of halogens is 6. The summed E-state index contributed by atoms with van der Waals surface area (Å²) in [4.78, 5) is 11.7. The molecular weight excluding hydrogens is 314 g/mol. The van der Waals surface area contributed by atoms with E-state index in [9.17, 15) is 31.1 Å². The number of alkyl halides is 6. The van der Waals surface area contributed by atoms with Gasteiger partial charge in [0.25, 0.3) is 0 Å². The fraction of sp³-hybridized carbons (Fsp3) is 0.500. The molecule has 0 spiro atoms. The number of carbonyl (C=O) groups is 1. The number of benzene rings is 1. The summed E-state index contributed by atoms with van der Waals surface area (Å²) in [6.07, 6.45) is -9.39. The normalized spacial score (nSPS) is 13.8. The maximum atomic E-state index is 13.0. The Hall–Kier alpha value is -1.73. The van der Waals surface area contributed by atoms with Crippen LogP contribution in [-0.4, -0.2) is 13.1 Å². The van der Waals surface area contributed by atoms with E-state index in [1.807, 2.05) is 0 Å².